The number of aromatic nitrogens is 2. The number of amides is 2. The van der Waals surface area contributed by atoms with Crippen LogP contribution in [0.4, 0.5) is 0 Å². The van der Waals surface area contributed by atoms with Gasteiger partial charge in [0.2, 0.25) is 11.8 Å². The Balaban J connectivity index is 1.11. The van der Waals surface area contributed by atoms with Crippen LogP contribution in [-0.2, 0) is 41.2 Å². The predicted molar refractivity (Wildman–Crippen MR) is 197 cm³/mol. The molecule has 4 heterocycles. The third-order valence-corrected chi connectivity index (χ3v) is 14.6. The smallest absolute Gasteiger partial charge is 0.328 e. The summed E-state index contributed by atoms with van der Waals surface area (Å²) >= 11 is 1.96. The quantitative estimate of drug-likeness (QED) is 0.0551. The Morgan fingerprint density at radius 3 is 2.46 bits per heavy atom. The highest BCUT2D eigenvalue weighted by Crippen LogP contribution is 2.60. The summed E-state index contributed by atoms with van der Waals surface area (Å²) in [6.45, 7) is 4.70. The van der Waals surface area contributed by atoms with E-state index in [4.69, 9.17) is 4.74 Å². The summed E-state index contributed by atoms with van der Waals surface area (Å²) in [7, 11) is -18.2. The maximum atomic E-state index is 12.7. The first-order chi connectivity index (χ1) is 26.7. The highest BCUT2D eigenvalue weighted by molar-refractivity contribution is 8.00. The number of thioether (sulfide) groups is 1. The third kappa shape index (κ3) is 15.2. The van der Waals surface area contributed by atoms with Gasteiger partial charge in [-0.2, -0.15) is 11.8 Å². The molecule has 2 amide bonds. The molecule has 0 spiro atoms. The van der Waals surface area contributed by atoms with E-state index in [-0.39, 0.29) is 37.0 Å². The maximum absolute atomic E-state index is 12.7. The van der Waals surface area contributed by atoms with Crippen molar-refractivity contribution in [3.63, 3.8) is 0 Å². The molecule has 0 aliphatic carbocycles. The number of phosphoric acid groups is 3. The Labute approximate surface area is 332 Å². The highest BCUT2D eigenvalue weighted by Gasteiger charge is 2.41. The molecule has 9 unspecified atom stereocenters. The zero-order valence-electron chi connectivity index (χ0n) is 30.9. The van der Waals surface area contributed by atoms with E-state index in [1.807, 2.05) is 11.8 Å². The van der Waals surface area contributed by atoms with Crippen LogP contribution in [0.15, 0.2) is 34.3 Å². The molecule has 57 heavy (non-hydrogen) atoms. The lowest BCUT2D eigenvalue weighted by Crippen LogP contribution is -2.50. The number of hydrogen-bond donors (Lipinski definition) is 6. The van der Waals surface area contributed by atoms with Gasteiger partial charge in [0.15, 0.2) is 0 Å². The molecule has 3 fully saturated rings. The summed E-state index contributed by atoms with van der Waals surface area (Å²) in [5.74, 6) is 0.916. The normalized spacial score (nSPS) is 26.9. The van der Waals surface area contributed by atoms with Crippen molar-refractivity contribution in [3.05, 3.63) is 51.1 Å². The lowest BCUT2D eigenvalue weighted by molar-refractivity contribution is -0.339. The molecule has 26 heteroatoms. The number of carbonyl (C=O) groups excluding carboxylic acids is 2. The van der Waals surface area contributed by atoms with Gasteiger partial charge < -0.3 is 59.8 Å². The number of phosphoric ester groups is 1. The topological polar surface area (TPSA) is 338 Å². The molecule has 4 rings (SSSR count). The van der Waals surface area contributed by atoms with E-state index in [1.165, 1.54) is 25.3 Å². The fourth-order valence-corrected chi connectivity index (χ4v) is 11.0. The van der Waals surface area contributed by atoms with Gasteiger partial charge in [0.05, 0.1) is 56.7 Å². The minimum atomic E-state index is -6.18. The Kier molecular flexibility index (Phi) is 17.4. The molecule has 6 N–H and O–H groups in total. The van der Waals surface area contributed by atoms with E-state index in [0.29, 0.717) is 36.7 Å². The maximum Gasteiger partial charge on any atom is 0.328 e. The number of aliphatic hydroxyl groups excluding tert-OH is 1. The third-order valence-electron chi connectivity index (χ3n) is 9.44. The number of carbonyl (C=O) groups is 2. The first-order valence-electron chi connectivity index (χ1n) is 18.1. The van der Waals surface area contributed by atoms with Crippen molar-refractivity contribution in [3.8, 4) is 0 Å². The largest absolute Gasteiger partial charge is 0.790 e. The second-order valence-electron chi connectivity index (χ2n) is 13.7. The summed E-state index contributed by atoms with van der Waals surface area (Å²) in [5, 5.41) is 23.7. The number of unbranched alkanes of at least 4 members (excludes halogenated alkanes) is 3. The van der Waals surface area contributed by atoms with Gasteiger partial charge in [0.25, 0.3) is 21.2 Å². The van der Waals surface area contributed by atoms with Crippen LogP contribution in [0, 0.1) is 5.92 Å². The van der Waals surface area contributed by atoms with Gasteiger partial charge in [-0.05, 0) is 25.7 Å². The van der Waals surface area contributed by atoms with Gasteiger partial charge in [0, 0.05) is 49.0 Å². The first kappa shape index (κ1) is 47.1. The number of hydrogen-bond acceptors (Lipinski definition) is 19. The van der Waals surface area contributed by atoms with Crippen molar-refractivity contribution >= 4 is 53.1 Å². The number of ether oxygens (including phenoxy) is 1. The van der Waals surface area contributed by atoms with Gasteiger partial charge in [-0.15, -0.1) is 0 Å². The number of aliphatic hydroxyl groups is 1. The van der Waals surface area contributed by atoms with Crippen molar-refractivity contribution < 1.29 is 65.8 Å². The summed E-state index contributed by atoms with van der Waals surface area (Å²) in [6.07, 6.45) is 6.87. The lowest BCUT2D eigenvalue weighted by Gasteiger charge is -2.40. The van der Waals surface area contributed by atoms with Crippen LogP contribution >= 0.6 is 35.2 Å². The second kappa shape index (κ2) is 21.1. The first-order valence-corrected chi connectivity index (χ1v) is 23.6. The minimum absolute atomic E-state index is 0.0227. The van der Waals surface area contributed by atoms with Gasteiger partial charge in [0.1, 0.15) is 6.10 Å². The number of rotatable bonds is 22. The van der Waals surface area contributed by atoms with Crippen molar-refractivity contribution in [1.82, 2.24) is 30.8 Å². The average Bonchev–Trinajstić information content (AvgIpc) is 3.65. The van der Waals surface area contributed by atoms with Crippen LogP contribution in [0.25, 0.3) is 6.08 Å². The van der Waals surface area contributed by atoms with E-state index in [1.54, 1.807) is 0 Å². The number of H-pyrrole nitrogens is 1. The summed E-state index contributed by atoms with van der Waals surface area (Å²) in [6, 6.07) is -0.0488. The van der Waals surface area contributed by atoms with Crippen LogP contribution < -0.4 is 52.1 Å². The average molecular weight is 885 g/mol. The predicted octanol–water partition coefficient (Wildman–Crippen LogP) is -1.83. The molecule has 0 saturated carbocycles. The molecule has 3 saturated heterocycles. The lowest BCUT2D eigenvalue weighted by atomic mass is 9.90. The molecule has 0 bridgehead atoms. The minimum Gasteiger partial charge on any atom is -0.790 e. The van der Waals surface area contributed by atoms with Crippen LogP contribution in [0.5, 0.6) is 0 Å². The van der Waals surface area contributed by atoms with E-state index in [2.05, 4.69) is 46.0 Å². The van der Waals surface area contributed by atoms with Crippen molar-refractivity contribution in [2.24, 2.45) is 5.92 Å². The molecule has 1 aromatic heterocycles. The molecule has 9 atom stereocenters. The van der Waals surface area contributed by atoms with Crippen molar-refractivity contribution in [2.75, 3.05) is 32.1 Å². The molecule has 1 aromatic rings. The molecule has 0 aromatic carbocycles. The molecule has 3 aliphatic rings. The molecular formula is C31H47N6O16P3S-4. The summed E-state index contributed by atoms with van der Waals surface area (Å²) < 4.78 is 51.2. The van der Waals surface area contributed by atoms with Crippen LogP contribution in [0.3, 0.4) is 0 Å². The zero-order valence-corrected chi connectivity index (χ0v) is 34.4. The van der Waals surface area contributed by atoms with Crippen molar-refractivity contribution in [2.45, 2.75) is 93.9 Å². The Hall–Kier alpha value is -2.62. The van der Waals surface area contributed by atoms with Gasteiger partial charge >= 0.3 is 5.69 Å². The Bertz CT molecular complexity index is 1870. The van der Waals surface area contributed by atoms with Gasteiger partial charge in [-0.1, -0.05) is 38.5 Å². The SMILES string of the molecule is C=C1NC2CSC(CCCCC(=O)NCCCCCC(=O)NC/C=C/c3cn(C4COC(COP(=O)([O-])OP(=O)([O-])OP(=O)([O-])[O-])C(O)C4C)c(=O)[nH]c3=O)C2N1. The summed E-state index contributed by atoms with van der Waals surface area (Å²) in [4.78, 5) is 96.0. The van der Waals surface area contributed by atoms with E-state index in [9.17, 15) is 57.6 Å². The van der Waals surface area contributed by atoms with Gasteiger partial charge in [-0.25, -0.2) is 9.11 Å². The second-order valence-corrected chi connectivity index (χ2v) is 19.2. The molecule has 0 radical (unpaired) electrons. The van der Waals surface area contributed by atoms with E-state index < -0.39 is 65.5 Å². The van der Waals surface area contributed by atoms with Crippen LogP contribution in [0.2, 0.25) is 0 Å². The molecule has 3 aliphatic heterocycles. The van der Waals surface area contributed by atoms with E-state index >= 15 is 0 Å². The number of aromatic amines is 1. The standard InChI is InChI=1S/C31H51N6O16P3S/c1-19-23(16-50-24(29(19)40)17-51-55(46,47)53-56(48,49)52-54(43,44)45)37-15-21(30(41)36-31(37)42)9-8-14-33-26(38)11-4-3-7-13-32-27(39)12-6-5-10-25-28-22(18-57-25)34-20(2)35-28/h8-9,15,19,22-25,28-29,34-35,40H,2-7,10-14,16-18H2,1H3,(H,32,39)(H,33,38)(H,46,47)(H,48,49)(H,36,41,42)(H2,43,44,45)/p-4/b9-8+. The van der Waals surface area contributed by atoms with Crippen molar-refractivity contribution in [1.29, 1.82) is 0 Å². The van der Waals surface area contributed by atoms with Crippen LogP contribution in [-0.4, -0.2) is 88.1 Å². The Morgan fingerprint density at radius 1 is 1.04 bits per heavy atom. The zero-order chi connectivity index (χ0) is 42.0. The fourth-order valence-electron chi connectivity index (χ4n) is 6.56. The molecule has 22 nitrogen and oxygen atoms in total. The van der Waals surface area contributed by atoms with Crippen LogP contribution in [0.1, 0.15) is 69.9 Å². The highest BCUT2D eigenvalue weighted by atomic mass is 32.2. The number of nitrogens with one attached hydrogen (secondary N) is 5. The summed E-state index contributed by atoms with van der Waals surface area (Å²) in [5.41, 5.74) is -1.54. The number of nitrogens with zero attached hydrogens (tertiary/aromatic N) is 1. The van der Waals surface area contributed by atoms with E-state index in [0.717, 1.165) is 48.2 Å². The molecular weight excluding hydrogens is 837 g/mol. The molecule has 322 valence electrons. The fraction of sp³-hybridized carbons (Fsp3) is 0.677. The monoisotopic (exact) mass is 884 g/mol. The Morgan fingerprint density at radius 2 is 1.74 bits per heavy atom. The number of fused-ring (bicyclic) bond motifs is 1. The van der Waals surface area contributed by atoms with Gasteiger partial charge in [-0.3, -0.25) is 37.4 Å².